The minimum Gasteiger partial charge on any atom is -0.260 e. The third-order valence-corrected chi connectivity index (χ3v) is 2.37. The fourth-order valence-electron chi connectivity index (χ4n) is 1.36. The number of rotatable bonds is 1. The zero-order valence-corrected chi connectivity index (χ0v) is 9.31. The molecule has 72 valence electrons. The SMILES string of the molecule is CCc1cnc(C(C)(C)C)cc1C. The molecular formula is C12H19N. The average Bonchev–Trinajstić information content (AvgIpc) is 2.02. The molecule has 0 aliphatic rings. The number of pyridine rings is 1. The first-order valence-electron chi connectivity index (χ1n) is 4.91. The van der Waals surface area contributed by atoms with Crippen LogP contribution in [0, 0.1) is 6.92 Å². The summed E-state index contributed by atoms with van der Waals surface area (Å²) in [6, 6.07) is 2.21. The lowest BCUT2D eigenvalue weighted by Gasteiger charge is -2.18. The number of aryl methyl sites for hydroxylation is 2. The Morgan fingerprint density at radius 2 is 1.92 bits per heavy atom. The van der Waals surface area contributed by atoms with E-state index in [1.165, 1.54) is 16.8 Å². The first kappa shape index (κ1) is 10.2. The molecule has 0 aliphatic heterocycles. The van der Waals surface area contributed by atoms with Crippen molar-refractivity contribution in [3.05, 3.63) is 29.1 Å². The molecule has 13 heavy (non-hydrogen) atoms. The maximum atomic E-state index is 4.48. The predicted octanol–water partition coefficient (Wildman–Crippen LogP) is 3.25. The summed E-state index contributed by atoms with van der Waals surface area (Å²) in [5.41, 5.74) is 4.06. The molecule has 0 aromatic carbocycles. The van der Waals surface area contributed by atoms with Crippen molar-refractivity contribution in [1.82, 2.24) is 4.98 Å². The molecule has 0 unspecified atom stereocenters. The van der Waals surface area contributed by atoms with Crippen molar-refractivity contribution < 1.29 is 0 Å². The summed E-state index contributed by atoms with van der Waals surface area (Å²) in [6.07, 6.45) is 3.08. The van der Waals surface area contributed by atoms with Crippen molar-refractivity contribution in [3.63, 3.8) is 0 Å². The standard InChI is InChI=1S/C12H19N/c1-6-10-8-13-11(7-9(10)2)12(3,4)5/h7-8H,6H2,1-5H3. The van der Waals surface area contributed by atoms with Gasteiger partial charge in [-0.15, -0.1) is 0 Å². The Morgan fingerprint density at radius 3 is 2.31 bits per heavy atom. The Hall–Kier alpha value is -0.850. The van der Waals surface area contributed by atoms with Crippen LogP contribution in [0.25, 0.3) is 0 Å². The molecule has 0 fully saturated rings. The summed E-state index contributed by atoms with van der Waals surface area (Å²) in [4.78, 5) is 4.48. The van der Waals surface area contributed by atoms with Crippen molar-refractivity contribution in [2.45, 2.75) is 46.5 Å². The van der Waals surface area contributed by atoms with Gasteiger partial charge in [0.1, 0.15) is 0 Å². The van der Waals surface area contributed by atoms with Gasteiger partial charge in [-0.2, -0.15) is 0 Å². The van der Waals surface area contributed by atoms with E-state index in [2.05, 4.69) is 45.7 Å². The quantitative estimate of drug-likeness (QED) is 0.641. The van der Waals surface area contributed by atoms with E-state index in [1.54, 1.807) is 0 Å². The molecule has 1 heterocycles. The fraction of sp³-hybridized carbons (Fsp3) is 0.583. The molecule has 0 aliphatic carbocycles. The van der Waals surface area contributed by atoms with Crippen LogP contribution in [0.5, 0.6) is 0 Å². The van der Waals surface area contributed by atoms with E-state index in [0.29, 0.717) is 0 Å². The summed E-state index contributed by atoms with van der Waals surface area (Å²) in [5.74, 6) is 0. The number of nitrogens with zero attached hydrogens (tertiary/aromatic N) is 1. The van der Waals surface area contributed by atoms with Gasteiger partial charge >= 0.3 is 0 Å². The normalized spacial score (nSPS) is 11.8. The van der Waals surface area contributed by atoms with Gasteiger partial charge in [0.05, 0.1) is 0 Å². The summed E-state index contributed by atoms with van der Waals surface area (Å²) in [5, 5.41) is 0. The lowest BCUT2D eigenvalue weighted by Crippen LogP contribution is -2.14. The highest BCUT2D eigenvalue weighted by molar-refractivity contribution is 5.28. The Kier molecular flexibility index (Phi) is 2.74. The van der Waals surface area contributed by atoms with Crippen LogP contribution in [0.4, 0.5) is 0 Å². The van der Waals surface area contributed by atoms with E-state index in [1.807, 2.05) is 6.20 Å². The van der Waals surface area contributed by atoms with Gasteiger partial charge < -0.3 is 0 Å². The average molecular weight is 177 g/mol. The van der Waals surface area contributed by atoms with Gasteiger partial charge in [-0.1, -0.05) is 27.7 Å². The van der Waals surface area contributed by atoms with E-state index in [-0.39, 0.29) is 5.41 Å². The highest BCUT2D eigenvalue weighted by Crippen LogP contribution is 2.21. The van der Waals surface area contributed by atoms with E-state index >= 15 is 0 Å². The number of hydrogen-bond donors (Lipinski definition) is 0. The minimum absolute atomic E-state index is 0.164. The monoisotopic (exact) mass is 177 g/mol. The van der Waals surface area contributed by atoms with E-state index in [9.17, 15) is 0 Å². The summed E-state index contributed by atoms with van der Waals surface area (Å²) in [6.45, 7) is 10.9. The van der Waals surface area contributed by atoms with Crippen molar-refractivity contribution in [1.29, 1.82) is 0 Å². The van der Waals surface area contributed by atoms with Gasteiger partial charge in [-0.25, -0.2) is 0 Å². The third kappa shape index (κ3) is 2.30. The van der Waals surface area contributed by atoms with Crippen LogP contribution in [-0.2, 0) is 11.8 Å². The fourth-order valence-corrected chi connectivity index (χ4v) is 1.36. The van der Waals surface area contributed by atoms with Gasteiger partial charge in [0.25, 0.3) is 0 Å². The molecule has 1 nitrogen and oxygen atoms in total. The van der Waals surface area contributed by atoms with Crippen LogP contribution >= 0.6 is 0 Å². The van der Waals surface area contributed by atoms with Crippen LogP contribution in [0.15, 0.2) is 12.3 Å². The Labute approximate surface area is 81.2 Å². The lowest BCUT2D eigenvalue weighted by molar-refractivity contribution is 0.567. The maximum absolute atomic E-state index is 4.48. The smallest absolute Gasteiger partial charge is 0.0459 e. The summed E-state index contributed by atoms with van der Waals surface area (Å²) >= 11 is 0. The van der Waals surface area contributed by atoms with Crippen molar-refractivity contribution in [2.75, 3.05) is 0 Å². The molecule has 0 saturated carbocycles. The molecule has 1 heteroatoms. The molecule has 0 bridgehead atoms. The first-order chi connectivity index (χ1) is 5.95. The van der Waals surface area contributed by atoms with Crippen molar-refractivity contribution >= 4 is 0 Å². The van der Waals surface area contributed by atoms with Crippen molar-refractivity contribution in [2.24, 2.45) is 0 Å². The van der Waals surface area contributed by atoms with E-state index < -0.39 is 0 Å². The van der Waals surface area contributed by atoms with Crippen LogP contribution in [0.1, 0.15) is 44.5 Å². The Bertz CT molecular complexity index is 294. The molecule has 0 radical (unpaired) electrons. The summed E-state index contributed by atoms with van der Waals surface area (Å²) in [7, 11) is 0. The second kappa shape index (κ2) is 3.49. The Balaban J connectivity index is 3.10. The van der Waals surface area contributed by atoms with Gasteiger partial charge in [0.2, 0.25) is 0 Å². The molecule has 0 spiro atoms. The number of hydrogen-bond acceptors (Lipinski definition) is 1. The predicted molar refractivity (Wildman–Crippen MR) is 57.1 cm³/mol. The topological polar surface area (TPSA) is 12.9 Å². The van der Waals surface area contributed by atoms with Gasteiger partial charge in [-0.3, -0.25) is 4.98 Å². The highest BCUT2D eigenvalue weighted by Gasteiger charge is 2.15. The molecule has 0 saturated heterocycles. The lowest BCUT2D eigenvalue weighted by atomic mass is 9.90. The molecule has 0 amide bonds. The largest absolute Gasteiger partial charge is 0.260 e. The first-order valence-corrected chi connectivity index (χ1v) is 4.91. The zero-order valence-electron chi connectivity index (χ0n) is 9.31. The zero-order chi connectivity index (χ0) is 10.1. The molecule has 0 atom stereocenters. The van der Waals surface area contributed by atoms with E-state index in [4.69, 9.17) is 0 Å². The van der Waals surface area contributed by atoms with Crippen LogP contribution in [0.2, 0.25) is 0 Å². The molecule has 1 aromatic heterocycles. The van der Waals surface area contributed by atoms with Gasteiger partial charge in [0.15, 0.2) is 0 Å². The molecule has 1 rings (SSSR count). The van der Waals surface area contributed by atoms with Gasteiger partial charge in [0, 0.05) is 17.3 Å². The van der Waals surface area contributed by atoms with Crippen LogP contribution in [0.3, 0.4) is 0 Å². The summed E-state index contributed by atoms with van der Waals surface area (Å²) < 4.78 is 0. The molecule has 1 aromatic rings. The second-order valence-corrected chi connectivity index (χ2v) is 4.60. The second-order valence-electron chi connectivity index (χ2n) is 4.60. The minimum atomic E-state index is 0.164. The molecule has 0 N–H and O–H groups in total. The van der Waals surface area contributed by atoms with Crippen LogP contribution < -0.4 is 0 Å². The molecular weight excluding hydrogens is 158 g/mol. The third-order valence-electron chi connectivity index (χ3n) is 2.37. The Morgan fingerprint density at radius 1 is 1.31 bits per heavy atom. The highest BCUT2D eigenvalue weighted by atomic mass is 14.7. The number of aromatic nitrogens is 1. The van der Waals surface area contributed by atoms with E-state index in [0.717, 1.165) is 6.42 Å². The van der Waals surface area contributed by atoms with Crippen molar-refractivity contribution in [3.8, 4) is 0 Å². The maximum Gasteiger partial charge on any atom is 0.0459 e. The van der Waals surface area contributed by atoms with Crippen LogP contribution in [-0.4, -0.2) is 4.98 Å². The van der Waals surface area contributed by atoms with Gasteiger partial charge in [-0.05, 0) is 30.5 Å².